The molecule has 0 bridgehead atoms. The quantitative estimate of drug-likeness (QED) is 0.804. The second-order valence-corrected chi connectivity index (χ2v) is 5.23. The van der Waals surface area contributed by atoms with Crippen LogP contribution in [-0.4, -0.2) is 48.2 Å². The minimum absolute atomic E-state index is 0.229. The van der Waals surface area contributed by atoms with E-state index in [-0.39, 0.29) is 5.82 Å². The molecule has 1 saturated heterocycles. The summed E-state index contributed by atoms with van der Waals surface area (Å²) in [7, 11) is 2.10. The molecule has 4 nitrogen and oxygen atoms in total. The van der Waals surface area contributed by atoms with E-state index in [4.69, 9.17) is 12.2 Å². The summed E-state index contributed by atoms with van der Waals surface area (Å²) in [6.45, 7) is 5.59. The van der Waals surface area contributed by atoms with Gasteiger partial charge in [-0.1, -0.05) is 6.07 Å². The van der Waals surface area contributed by atoms with Crippen LogP contribution in [0.25, 0.3) is 0 Å². The zero-order valence-electron chi connectivity index (χ0n) is 11.2. The summed E-state index contributed by atoms with van der Waals surface area (Å²) >= 11 is 5.22. The van der Waals surface area contributed by atoms with Gasteiger partial charge in [-0.25, -0.2) is 9.40 Å². The lowest BCUT2D eigenvalue weighted by Gasteiger charge is -2.33. The highest BCUT2D eigenvalue weighted by Crippen LogP contribution is 2.13. The first-order valence-corrected chi connectivity index (χ1v) is 6.73. The fraction of sp³-hybridized carbons (Fsp3) is 0.462. The molecule has 0 spiro atoms. The Morgan fingerprint density at radius 1 is 1.26 bits per heavy atom. The number of nitrogens with one attached hydrogen (secondary N) is 2. The van der Waals surface area contributed by atoms with Crippen LogP contribution in [0.3, 0.4) is 0 Å². The summed E-state index contributed by atoms with van der Waals surface area (Å²) in [6, 6.07) is 5.00. The van der Waals surface area contributed by atoms with Gasteiger partial charge in [0.2, 0.25) is 0 Å². The van der Waals surface area contributed by atoms with E-state index in [0.717, 1.165) is 26.2 Å². The van der Waals surface area contributed by atoms with E-state index in [1.807, 2.05) is 6.07 Å². The van der Waals surface area contributed by atoms with Crippen LogP contribution in [0.2, 0.25) is 0 Å². The van der Waals surface area contributed by atoms with Gasteiger partial charge >= 0.3 is 0 Å². The van der Waals surface area contributed by atoms with Gasteiger partial charge in [-0.2, -0.15) is 0 Å². The maximum absolute atomic E-state index is 13.4. The fourth-order valence-corrected chi connectivity index (χ4v) is 2.14. The number of hydrogen-bond acceptors (Lipinski definition) is 3. The number of piperazine rings is 1. The number of hydrazine groups is 1. The summed E-state index contributed by atoms with van der Waals surface area (Å²) in [5.74, 6) is -0.229. The van der Waals surface area contributed by atoms with E-state index in [2.05, 4.69) is 27.7 Å². The molecule has 104 valence electrons. The highest BCUT2D eigenvalue weighted by molar-refractivity contribution is 7.80. The molecule has 1 aromatic rings. The summed E-state index contributed by atoms with van der Waals surface area (Å²) in [5.41, 5.74) is 4.42. The Labute approximate surface area is 118 Å². The van der Waals surface area contributed by atoms with Crippen LogP contribution in [0.5, 0.6) is 0 Å². The van der Waals surface area contributed by atoms with Crippen molar-refractivity contribution in [3.05, 3.63) is 29.6 Å². The minimum atomic E-state index is -0.229. The van der Waals surface area contributed by atoms with Gasteiger partial charge in [-0.05, 0) is 43.9 Å². The molecule has 0 atom stereocenters. The van der Waals surface area contributed by atoms with Gasteiger partial charge in [0, 0.05) is 31.9 Å². The van der Waals surface area contributed by atoms with E-state index in [0.29, 0.717) is 16.4 Å². The van der Waals surface area contributed by atoms with Crippen molar-refractivity contribution in [3.63, 3.8) is 0 Å². The third-order valence-corrected chi connectivity index (χ3v) is 3.39. The van der Waals surface area contributed by atoms with Crippen molar-refractivity contribution < 1.29 is 4.39 Å². The van der Waals surface area contributed by atoms with E-state index < -0.39 is 0 Å². The van der Waals surface area contributed by atoms with Crippen molar-refractivity contribution >= 4 is 23.0 Å². The van der Waals surface area contributed by atoms with Crippen LogP contribution >= 0.6 is 12.2 Å². The van der Waals surface area contributed by atoms with Gasteiger partial charge < -0.3 is 10.2 Å². The zero-order chi connectivity index (χ0) is 13.8. The molecule has 1 aliphatic rings. The molecule has 1 aliphatic heterocycles. The lowest BCUT2D eigenvalue weighted by Crippen LogP contribution is -2.53. The average molecular weight is 282 g/mol. The number of halogens is 1. The molecule has 2 N–H and O–H groups in total. The number of thiocarbonyl (C=S) groups is 1. The zero-order valence-corrected chi connectivity index (χ0v) is 12.1. The molecule has 0 aromatic heterocycles. The maximum Gasteiger partial charge on any atom is 0.185 e. The summed E-state index contributed by atoms with van der Waals surface area (Å²) in [5, 5.41) is 5.56. The van der Waals surface area contributed by atoms with Crippen molar-refractivity contribution in [1.82, 2.24) is 15.3 Å². The summed E-state index contributed by atoms with van der Waals surface area (Å²) < 4.78 is 13.4. The van der Waals surface area contributed by atoms with Crippen molar-refractivity contribution in [1.29, 1.82) is 0 Å². The first-order chi connectivity index (χ1) is 9.04. The Hall–Kier alpha value is -1.24. The minimum Gasteiger partial charge on any atom is -0.332 e. The van der Waals surface area contributed by atoms with Crippen LogP contribution in [-0.2, 0) is 0 Å². The van der Waals surface area contributed by atoms with Gasteiger partial charge in [0.15, 0.2) is 5.11 Å². The number of rotatable bonds is 2. The van der Waals surface area contributed by atoms with Crippen molar-refractivity contribution in [2.75, 3.05) is 38.5 Å². The number of likely N-dealkylation sites (N-methyl/N-ethyl adjacent to an activating group) is 1. The molecular weight excluding hydrogens is 263 g/mol. The number of nitrogens with zero attached hydrogens (tertiary/aromatic N) is 2. The largest absolute Gasteiger partial charge is 0.332 e. The highest BCUT2D eigenvalue weighted by atomic mass is 32.1. The van der Waals surface area contributed by atoms with E-state index >= 15 is 0 Å². The topological polar surface area (TPSA) is 30.5 Å². The second-order valence-electron chi connectivity index (χ2n) is 4.82. The summed E-state index contributed by atoms with van der Waals surface area (Å²) in [6.07, 6.45) is 0. The number of benzene rings is 1. The molecule has 0 aliphatic carbocycles. The first-order valence-electron chi connectivity index (χ1n) is 6.32. The van der Waals surface area contributed by atoms with Gasteiger partial charge in [0.25, 0.3) is 0 Å². The standard InChI is InChI=1S/C13H19FN4S/c1-10-3-4-11(9-12(10)14)15-13(19)16-18-7-5-17(2)6-8-18/h3-4,9H,5-8H2,1-2H3,(H2,15,16,19). The molecule has 0 unspecified atom stereocenters. The lowest BCUT2D eigenvalue weighted by atomic mass is 10.2. The Morgan fingerprint density at radius 3 is 2.58 bits per heavy atom. The Morgan fingerprint density at radius 2 is 1.95 bits per heavy atom. The number of hydrogen-bond donors (Lipinski definition) is 2. The van der Waals surface area contributed by atoms with Crippen LogP contribution in [0.15, 0.2) is 18.2 Å². The van der Waals surface area contributed by atoms with Crippen LogP contribution in [0.4, 0.5) is 10.1 Å². The molecule has 2 rings (SSSR count). The Bertz CT molecular complexity index is 458. The molecule has 6 heteroatoms. The number of aryl methyl sites for hydroxylation is 1. The molecule has 19 heavy (non-hydrogen) atoms. The van der Waals surface area contributed by atoms with Crippen LogP contribution < -0.4 is 10.7 Å². The average Bonchev–Trinajstić information content (AvgIpc) is 2.37. The highest BCUT2D eigenvalue weighted by Gasteiger charge is 2.14. The molecule has 0 saturated carbocycles. The van der Waals surface area contributed by atoms with E-state index in [1.165, 1.54) is 6.07 Å². The molecule has 1 aromatic carbocycles. The Balaban J connectivity index is 1.85. The third kappa shape index (κ3) is 4.12. The third-order valence-electron chi connectivity index (χ3n) is 3.19. The van der Waals surface area contributed by atoms with Crippen LogP contribution in [0.1, 0.15) is 5.56 Å². The lowest BCUT2D eigenvalue weighted by molar-refractivity contribution is 0.131. The van der Waals surface area contributed by atoms with Gasteiger partial charge in [-0.3, -0.25) is 5.43 Å². The number of anilines is 1. The fourth-order valence-electron chi connectivity index (χ4n) is 1.89. The molecule has 0 amide bonds. The van der Waals surface area contributed by atoms with Crippen molar-refractivity contribution in [2.24, 2.45) is 0 Å². The first kappa shape index (κ1) is 14.2. The van der Waals surface area contributed by atoms with Gasteiger partial charge in [0.1, 0.15) is 5.82 Å². The van der Waals surface area contributed by atoms with E-state index in [1.54, 1.807) is 13.0 Å². The van der Waals surface area contributed by atoms with Gasteiger partial charge in [-0.15, -0.1) is 0 Å². The molecular formula is C13H19FN4S. The molecule has 1 fully saturated rings. The van der Waals surface area contributed by atoms with Gasteiger partial charge in [0.05, 0.1) is 0 Å². The smallest absolute Gasteiger partial charge is 0.185 e. The van der Waals surface area contributed by atoms with E-state index in [9.17, 15) is 4.39 Å². The predicted octanol–water partition coefficient (Wildman–Crippen LogP) is 1.58. The van der Waals surface area contributed by atoms with Crippen molar-refractivity contribution in [2.45, 2.75) is 6.92 Å². The second kappa shape index (κ2) is 6.27. The normalized spacial score (nSPS) is 17.2. The van der Waals surface area contributed by atoms with Crippen LogP contribution in [0, 0.1) is 12.7 Å². The monoisotopic (exact) mass is 282 g/mol. The summed E-state index contributed by atoms with van der Waals surface area (Å²) in [4.78, 5) is 2.27. The molecule has 1 heterocycles. The molecule has 0 radical (unpaired) electrons. The Kier molecular flexibility index (Phi) is 4.68. The SMILES string of the molecule is Cc1ccc(NC(=S)NN2CCN(C)CC2)cc1F. The van der Waals surface area contributed by atoms with Crippen molar-refractivity contribution in [3.8, 4) is 0 Å². The maximum atomic E-state index is 13.4. The predicted molar refractivity (Wildman–Crippen MR) is 79.6 cm³/mol.